The Morgan fingerprint density at radius 2 is 1.92 bits per heavy atom. The maximum Gasteiger partial charge on any atom is 0.226 e. The molecule has 3 atom stereocenters. The van der Waals surface area contributed by atoms with Gasteiger partial charge in [-0.15, -0.1) is 0 Å². The van der Waals surface area contributed by atoms with Crippen LogP contribution in [-0.4, -0.2) is 50.2 Å². The summed E-state index contributed by atoms with van der Waals surface area (Å²) in [6.45, 7) is 3.34. The number of hydrogen-bond acceptors (Lipinski definition) is 4. The molecule has 7 heteroatoms. The lowest BCUT2D eigenvalue weighted by molar-refractivity contribution is -0.136. The van der Waals surface area contributed by atoms with Gasteiger partial charge in [-0.1, -0.05) is 6.92 Å². The van der Waals surface area contributed by atoms with Crippen LogP contribution in [0, 0.1) is 11.7 Å². The Morgan fingerprint density at radius 3 is 2.62 bits per heavy atom. The summed E-state index contributed by atoms with van der Waals surface area (Å²) in [4.78, 5) is 14.8. The van der Waals surface area contributed by atoms with E-state index in [0.29, 0.717) is 0 Å². The number of fused-ring (bicyclic) bond motifs is 2. The highest BCUT2D eigenvalue weighted by Crippen LogP contribution is 2.30. The summed E-state index contributed by atoms with van der Waals surface area (Å²) in [6.07, 6.45) is 2.88. The van der Waals surface area contributed by atoms with Crippen LogP contribution in [0.4, 0.5) is 4.39 Å². The maximum atomic E-state index is 13.0. The molecule has 5 nitrogen and oxygen atoms in total. The summed E-state index contributed by atoms with van der Waals surface area (Å²) in [5, 5.41) is 3.33. The smallest absolute Gasteiger partial charge is 0.226 e. The van der Waals surface area contributed by atoms with Crippen molar-refractivity contribution in [2.24, 2.45) is 5.92 Å². The molecular weight excluding hydrogens is 331 g/mol. The first-order valence-corrected chi connectivity index (χ1v) is 10.0. The van der Waals surface area contributed by atoms with E-state index in [2.05, 4.69) is 5.32 Å². The van der Waals surface area contributed by atoms with Crippen molar-refractivity contribution in [1.82, 2.24) is 10.2 Å². The minimum atomic E-state index is -3.61. The Bertz CT molecular complexity index is 691. The fourth-order valence-corrected chi connectivity index (χ4v) is 5.28. The topological polar surface area (TPSA) is 66.5 Å². The molecule has 132 valence electrons. The van der Waals surface area contributed by atoms with Crippen LogP contribution in [0.3, 0.4) is 0 Å². The summed E-state index contributed by atoms with van der Waals surface area (Å²) in [5.74, 6) is -1.43. The molecule has 1 aromatic rings. The molecule has 24 heavy (non-hydrogen) atoms. The predicted octanol–water partition coefficient (Wildman–Crippen LogP) is 1.59. The Morgan fingerprint density at radius 1 is 1.25 bits per heavy atom. The van der Waals surface area contributed by atoms with E-state index in [4.69, 9.17) is 0 Å². The van der Waals surface area contributed by atoms with Crippen molar-refractivity contribution in [3.63, 3.8) is 0 Å². The van der Waals surface area contributed by atoms with E-state index in [0.717, 1.165) is 44.5 Å². The fourth-order valence-electron chi connectivity index (χ4n) is 3.74. The van der Waals surface area contributed by atoms with E-state index in [-0.39, 0.29) is 28.6 Å². The number of rotatable bonds is 4. The van der Waals surface area contributed by atoms with Gasteiger partial charge in [0.1, 0.15) is 5.82 Å². The van der Waals surface area contributed by atoms with E-state index < -0.39 is 21.6 Å². The van der Waals surface area contributed by atoms with Crippen LogP contribution >= 0.6 is 0 Å². The lowest BCUT2D eigenvalue weighted by Crippen LogP contribution is -2.46. The van der Waals surface area contributed by atoms with Crippen molar-refractivity contribution in [3.8, 4) is 0 Å². The minimum Gasteiger partial charge on any atom is -0.335 e. The minimum absolute atomic E-state index is 0.0593. The molecule has 2 aliphatic heterocycles. The quantitative estimate of drug-likeness (QED) is 0.834. The number of carbonyl (C=O) groups is 1. The van der Waals surface area contributed by atoms with Crippen molar-refractivity contribution in [2.45, 2.75) is 43.2 Å². The van der Waals surface area contributed by atoms with Crippen molar-refractivity contribution < 1.29 is 17.6 Å². The molecule has 2 heterocycles. The van der Waals surface area contributed by atoms with Gasteiger partial charge in [-0.2, -0.15) is 0 Å². The Labute approximate surface area is 142 Å². The van der Waals surface area contributed by atoms with Crippen LogP contribution in [0.25, 0.3) is 0 Å². The van der Waals surface area contributed by atoms with Gasteiger partial charge in [0.2, 0.25) is 5.91 Å². The van der Waals surface area contributed by atoms with Gasteiger partial charge in [-0.25, -0.2) is 12.8 Å². The molecule has 1 amide bonds. The van der Waals surface area contributed by atoms with Gasteiger partial charge in [-0.3, -0.25) is 4.79 Å². The molecule has 1 N–H and O–H groups in total. The van der Waals surface area contributed by atoms with Gasteiger partial charge >= 0.3 is 0 Å². The highest BCUT2D eigenvalue weighted by Gasteiger charge is 2.40. The van der Waals surface area contributed by atoms with Crippen LogP contribution in [0.2, 0.25) is 0 Å². The highest BCUT2D eigenvalue weighted by atomic mass is 32.2. The van der Waals surface area contributed by atoms with Crippen molar-refractivity contribution in [1.29, 1.82) is 0 Å². The molecule has 0 radical (unpaired) electrons. The van der Waals surface area contributed by atoms with Gasteiger partial charge in [0.25, 0.3) is 0 Å². The third kappa shape index (κ3) is 3.47. The van der Waals surface area contributed by atoms with Crippen LogP contribution in [0.1, 0.15) is 26.2 Å². The number of nitrogens with one attached hydrogen (secondary N) is 1. The molecule has 0 aromatic heterocycles. The highest BCUT2D eigenvalue weighted by molar-refractivity contribution is 7.91. The van der Waals surface area contributed by atoms with Crippen molar-refractivity contribution >= 4 is 15.7 Å². The zero-order valence-electron chi connectivity index (χ0n) is 13.7. The molecule has 2 saturated heterocycles. The zero-order chi connectivity index (χ0) is 17.3. The van der Waals surface area contributed by atoms with E-state index in [9.17, 15) is 17.6 Å². The SMILES string of the molecule is CC(CS(=O)(=O)c1ccc(F)cc1)C(=O)N1C2CCNCC1CC2. The second-order valence-corrected chi connectivity index (χ2v) is 8.79. The number of carbonyl (C=O) groups excluding carboxylic acids is 1. The lowest BCUT2D eigenvalue weighted by Gasteiger charge is -2.30. The average molecular weight is 354 g/mol. The number of sulfone groups is 1. The maximum absolute atomic E-state index is 13.0. The molecule has 0 spiro atoms. The van der Waals surface area contributed by atoms with E-state index in [1.165, 1.54) is 12.1 Å². The molecule has 2 aliphatic rings. The number of nitrogens with zero attached hydrogens (tertiary/aromatic N) is 1. The molecule has 3 unspecified atom stereocenters. The Kier molecular flexibility index (Phi) is 4.92. The standard InChI is InChI=1S/C17H23FN2O3S/c1-12(11-24(22,23)16-6-2-13(18)3-7-16)17(21)20-14-4-5-15(20)10-19-9-8-14/h2-3,6-7,12,14-15,19H,4-5,8-11H2,1H3. The largest absolute Gasteiger partial charge is 0.335 e. The van der Waals surface area contributed by atoms with E-state index in [1.807, 2.05) is 4.90 Å². The van der Waals surface area contributed by atoms with Crippen molar-refractivity contribution in [3.05, 3.63) is 30.1 Å². The molecular formula is C17H23FN2O3S. The zero-order valence-corrected chi connectivity index (χ0v) is 14.6. The van der Waals surface area contributed by atoms with Gasteiger partial charge in [0.05, 0.1) is 10.6 Å². The fraction of sp³-hybridized carbons (Fsp3) is 0.588. The number of halogens is 1. The molecule has 1 aromatic carbocycles. The molecule has 0 aliphatic carbocycles. The van der Waals surface area contributed by atoms with Crippen LogP contribution in [-0.2, 0) is 14.6 Å². The van der Waals surface area contributed by atoms with Gasteiger partial charge < -0.3 is 10.2 Å². The second-order valence-electron chi connectivity index (χ2n) is 6.76. The summed E-state index contributed by atoms with van der Waals surface area (Å²) in [6, 6.07) is 5.14. The molecule has 3 rings (SSSR count). The molecule has 2 fully saturated rings. The summed E-state index contributed by atoms with van der Waals surface area (Å²) < 4.78 is 37.9. The van der Waals surface area contributed by atoms with Gasteiger partial charge in [0.15, 0.2) is 9.84 Å². The number of amides is 1. The molecule has 0 saturated carbocycles. The average Bonchev–Trinajstić information content (AvgIpc) is 2.79. The lowest BCUT2D eigenvalue weighted by atomic mass is 10.1. The summed E-state index contributed by atoms with van der Waals surface area (Å²) >= 11 is 0. The number of benzene rings is 1. The van der Waals surface area contributed by atoms with Gasteiger partial charge in [0, 0.05) is 24.5 Å². The normalized spacial score (nSPS) is 25.3. The first kappa shape index (κ1) is 17.4. The van der Waals surface area contributed by atoms with Crippen molar-refractivity contribution in [2.75, 3.05) is 18.8 Å². The van der Waals surface area contributed by atoms with E-state index >= 15 is 0 Å². The monoisotopic (exact) mass is 354 g/mol. The first-order chi connectivity index (χ1) is 11.4. The molecule has 2 bridgehead atoms. The van der Waals surface area contributed by atoms with Crippen LogP contribution < -0.4 is 5.32 Å². The summed E-state index contributed by atoms with van der Waals surface area (Å²) in [5.41, 5.74) is 0. The summed E-state index contributed by atoms with van der Waals surface area (Å²) in [7, 11) is -3.61. The van der Waals surface area contributed by atoms with Gasteiger partial charge in [-0.05, 0) is 50.1 Å². The second kappa shape index (κ2) is 6.80. The predicted molar refractivity (Wildman–Crippen MR) is 88.8 cm³/mol. The number of hydrogen-bond donors (Lipinski definition) is 1. The van der Waals surface area contributed by atoms with E-state index in [1.54, 1.807) is 6.92 Å². The Hall–Kier alpha value is -1.47. The third-order valence-corrected chi connectivity index (χ3v) is 6.90. The van der Waals surface area contributed by atoms with Crippen LogP contribution in [0.5, 0.6) is 0 Å². The third-order valence-electron chi connectivity index (χ3n) is 4.97. The Balaban J connectivity index is 1.73. The van der Waals surface area contributed by atoms with Crippen LogP contribution in [0.15, 0.2) is 29.2 Å². The first-order valence-electron chi connectivity index (χ1n) is 8.39.